The van der Waals surface area contributed by atoms with Crippen LogP contribution in [-0.4, -0.2) is 30.6 Å². The molecular weight excluding hydrogens is 230 g/mol. The summed E-state index contributed by atoms with van der Waals surface area (Å²) in [5.41, 5.74) is 3.30. The van der Waals surface area contributed by atoms with E-state index < -0.39 is 0 Å². The average molecular weight is 253 g/mol. The Hall–Kier alpha value is -0.420. The summed E-state index contributed by atoms with van der Waals surface area (Å²) in [5, 5.41) is 2.14. The molecule has 96 valence electrons. The van der Waals surface area contributed by atoms with Crippen LogP contribution in [0.5, 0.6) is 0 Å². The van der Waals surface area contributed by atoms with Crippen molar-refractivity contribution in [3.63, 3.8) is 0 Å². The Morgan fingerprint density at radius 1 is 1.47 bits per heavy atom. The van der Waals surface area contributed by atoms with Gasteiger partial charge >= 0.3 is 0 Å². The molecule has 0 aliphatic heterocycles. The molecule has 3 nitrogen and oxygen atoms in total. The van der Waals surface area contributed by atoms with Gasteiger partial charge in [-0.3, -0.25) is 11.3 Å². The Bertz CT molecular complexity index is 328. The first-order valence-electron chi connectivity index (χ1n) is 6.35. The van der Waals surface area contributed by atoms with Crippen LogP contribution in [0.4, 0.5) is 0 Å². The SMILES string of the molecule is CN(C)C1(C(Cc2cccs2)NN)CCCC1. The molecule has 17 heavy (non-hydrogen) atoms. The first-order valence-corrected chi connectivity index (χ1v) is 7.23. The van der Waals surface area contributed by atoms with Crippen LogP contribution >= 0.6 is 11.3 Å². The highest BCUT2D eigenvalue weighted by Gasteiger charge is 2.42. The van der Waals surface area contributed by atoms with Crippen LogP contribution in [0.3, 0.4) is 0 Å². The molecule has 1 saturated carbocycles. The van der Waals surface area contributed by atoms with Crippen LogP contribution in [0, 0.1) is 0 Å². The van der Waals surface area contributed by atoms with Crippen LogP contribution in [0.2, 0.25) is 0 Å². The number of nitrogens with one attached hydrogen (secondary N) is 1. The number of likely N-dealkylation sites (N-methyl/N-ethyl adjacent to an activating group) is 1. The second-order valence-corrected chi connectivity index (χ2v) is 6.24. The predicted molar refractivity (Wildman–Crippen MR) is 74.0 cm³/mol. The number of nitrogens with zero attached hydrogens (tertiary/aromatic N) is 1. The Morgan fingerprint density at radius 3 is 2.65 bits per heavy atom. The van der Waals surface area contributed by atoms with E-state index >= 15 is 0 Å². The molecule has 1 atom stereocenters. The summed E-state index contributed by atoms with van der Waals surface area (Å²) in [6, 6.07) is 4.66. The monoisotopic (exact) mass is 253 g/mol. The van der Waals surface area contributed by atoms with E-state index in [2.05, 4.69) is 41.9 Å². The molecular formula is C13H23N3S. The minimum absolute atomic E-state index is 0.235. The third kappa shape index (κ3) is 2.55. The number of hydrazine groups is 1. The van der Waals surface area contributed by atoms with Gasteiger partial charge in [0.25, 0.3) is 0 Å². The van der Waals surface area contributed by atoms with E-state index in [-0.39, 0.29) is 5.54 Å². The van der Waals surface area contributed by atoms with Crippen molar-refractivity contribution in [1.82, 2.24) is 10.3 Å². The molecule has 1 aromatic rings. The number of hydrogen-bond acceptors (Lipinski definition) is 4. The normalized spacial score (nSPS) is 20.9. The highest BCUT2D eigenvalue weighted by atomic mass is 32.1. The van der Waals surface area contributed by atoms with Gasteiger partial charge in [-0.2, -0.15) is 0 Å². The molecule has 0 amide bonds. The van der Waals surface area contributed by atoms with Crippen molar-refractivity contribution in [1.29, 1.82) is 0 Å². The van der Waals surface area contributed by atoms with Gasteiger partial charge in [-0.25, -0.2) is 0 Å². The smallest absolute Gasteiger partial charge is 0.0442 e. The minimum atomic E-state index is 0.235. The molecule has 0 saturated heterocycles. The van der Waals surface area contributed by atoms with E-state index in [1.165, 1.54) is 30.6 Å². The van der Waals surface area contributed by atoms with Gasteiger partial charge in [0.15, 0.2) is 0 Å². The standard InChI is InChI=1S/C13H23N3S/c1-16(2)13(7-3-4-8-13)12(15-14)10-11-6-5-9-17-11/h5-6,9,12,15H,3-4,7-8,10,14H2,1-2H3. The van der Waals surface area contributed by atoms with Gasteiger partial charge in [-0.05, 0) is 38.4 Å². The van der Waals surface area contributed by atoms with Crippen molar-refractivity contribution >= 4 is 11.3 Å². The van der Waals surface area contributed by atoms with Gasteiger partial charge in [0.05, 0.1) is 0 Å². The summed E-state index contributed by atoms with van der Waals surface area (Å²) in [6.07, 6.45) is 6.18. The fourth-order valence-electron chi connectivity index (χ4n) is 3.13. The fourth-order valence-corrected chi connectivity index (χ4v) is 3.88. The Kier molecular flexibility index (Phi) is 4.20. The molecule has 0 aromatic carbocycles. The zero-order valence-corrected chi connectivity index (χ0v) is 11.6. The van der Waals surface area contributed by atoms with Crippen molar-refractivity contribution < 1.29 is 0 Å². The zero-order chi connectivity index (χ0) is 12.3. The predicted octanol–water partition coefficient (Wildman–Crippen LogP) is 2.00. The van der Waals surface area contributed by atoms with E-state index in [1.807, 2.05) is 11.3 Å². The van der Waals surface area contributed by atoms with E-state index in [0.29, 0.717) is 6.04 Å². The van der Waals surface area contributed by atoms with Crippen LogP contribution in [0.15, 0.2) is 17.5 Å². The lowest BCUT2D eigenvalue weighted by Gasteiger charge is -2.43. The van der Waals surface area contributed by atoms with Crippen molar-refractivity contribution in [2.45, 2.75) is 43.7 Å². The second-order valence-electron chi connectivity index (χ2n) is 5.21. The molecule has 0 spiro atoms. The summed E-state index contributed by atoms with van der Waals surface area (Å²) < 4.78 is 0. The average Bonchev–Trinajstić information content (AvgIpc) is 2.97. The van der Waals surface area contributed by atoms with Crippen LogP contribution in [0.1, 0.15) is 30.6 Å². The van der Waals surface area contributed by atoms with Crippen LogP contribution in [-0.2, 0) is 6.42 Å². The lowest BCUT2D eigenvalue weighted by atomic mass is 9.85. The van der Waals surface area contributed by atoms with Gasteiger partial charge in [0.1, 0.15) is 0 Å². The maximum absolute atomic E-state index is 5.82. The summed E-state index contributed by atoms with van der Waals surface area (Å²) in [5.74, 6) is 5.82. The lowest BCUT2D eigenvalue weighted by Crippen LogP contribution is -2.60. The third-order valence-electron chi connectivity index (χ3n) is 4.20. The molecule has 1 aromatic heterocycles. The Balaban J connectivity index is 2.15. The van der Waals surface area contributed by atoms with Gasteiger partial charge in [-0.1, -0.05) is 18.9 Å². The summed E-state index contributed by atoms with van der Waals surface area (Å²) in [4.78, 5) is 3.79. The molecule has 1 aliphatic carbocycles. The second kappa shape index (κ2) is 5.48. The number of thiophene rings is 1. The number of rotatable bonds is 5. The van der Waals surface area contributed by atoms with Crippen molar-refractivity contribution in [2.75, 3.05) is 14.1 Å². The topological polar surface area (TPSA) is 41.3 Å². The maximum atomic E-state index is 5.82. The van der Waals surface area contributed by atoms with Crippen molar-refractivity contribution in [3.8, 4) is 0 Å². The lowest BCUT2D eigenvalue weighted by molar-refractivity contribution is 0.105. The fraction of sp³-hybridized carbons (Fsp3) is 0.692. The van der Waals surface area contributed by atoms with E-state index in [9.17, 15) is 0 Å². The Labute approximate surface area is 108 Å². The van der Waals surface area contributed by atoms with Crippen LogP contribution < -0.4 is 11.3 Å². The minimum Gasteiger partial charge on any atom is -0.302 e. The quantitative estimate of drug-likeness (QED) is 0.623. The molecule has 1 fully saturated rings. The Morgan fingerprint density at radius 2 is 2.18 bits per heavy atom. The zero-order valence-electron chi connectivity index (χ0n) is 10.8. The van der Waals surface area contributed by atoms with E-state index in [4.69, 9.17) is 5.84 Å². The van der Waals surface area contributed by atoms with Gasteiger partial charge in [0.2, 0.25) is 0 Å². The maximum Gasteiger partial charge on any atom is 0.0442 e. The molecule has 1 heterocycles. The van der Waals surface area contributed by atoms with Gasteiger partial charge < -0.3 is 4.90 Å². The summed E-state index contributed by atoms with van der Waals surface area (Å²) >= 11 is 1.82. The van der Waals surface area contributed by atoms with E-state index in [1.54, 1.807) is 0 Å². The van der Waals surface area contributed by atoms with Gasteiger partial charge in [-0.15, -0.1) is 11.3 Å². The molecule has 1 unspecified atom stereocenters. The largest absolute Gasteiger partial charge is 0.302 e. The highest BCUT2D eigenvalue weighted by Crippen LogP contribution is 2.37. The highest BCUT2D eigenvalue weighted by molar-refractivity contribution is 7.09. The summed E-state index contributed by atoms with van der Waals surface area (Å²) in [7, 11) is 4.37. The first-order chi connectivity index (χ1) is 8.19. The molecule has 4 heteroatoms. The van der Waals surface area contributed by atoms with Crippen molar-refractivity contribution in [3.05, 3.63) is 22.4 Å². The number of hydrogen-bond donors (Lipinski definition) is 2. The van der Waals surface area contributed by atoms with E-state index in [0.717, 1.165) is 6.42 Å². The van der Waals surface area contributed by atoms with Gasteiger partial charge in [0, 0.05) is 22.9 Å². The molecule has 0 radical (unpaired) electrons. The first kappa shape index (κ1) is 13.0. The third-order valence-corrected chi connectivity index (χ3v) is 5.09. The summed E-state index contributed by atoms with van der Waals surface area (Å²) in [6.45, 7) is 0. The van der Waals surface area contributed by atoms with Crippen molar-refractivity contribution in [2.24, 2.45) is 5.84 Å². The molecule has 0 bridgehead atoms. The van der Waals surface area contributed by atoms with Crippen LogP contribution in [0.25, 0.3) is 0 Å². The molecule has 3 N–H and O–H groups in total. The molecule has 1 aliphatic rings. The number of nitrogens with two attached hydrogens (primary N) is 1. The molecule has 2 rings (SSSR count).